The first kappa shape index (κ1) is 12.8. The Kier molecular flexibility index (Phi) is 4.40. The Morgan fingerprint density at radius 2 is 2.18 bits per heavy atom. The van der Waals surface area contributed by atoms with Crippen LogP contribution in [0.2, 0.25) is 0 Å². The molecule has 2 aliphatic heterocycles. The zero-order valence-electron chi connectivity index (χ0n) is 10.9. The third-order valence-electron chi connectivity index (χ3n) is 4.11. The highest BCUT2D eigenvalue weighted by atomic mass is 16.5. The van der Waals surface area contributed by atoms with Crippen molar-refractivity contribution in [3.8, 4) is 0 Å². The van der Waals surface area contributed by atoms with Crippen molar-refractivity contribution in [2.24, 2.45) is 5.92 Å². The quantitative estimate of drug-likeness (QED) is 0.806. The van der Waals surface area contributed by atoms with Gasteiger partial charge in [-0.15, -0.1) is 0 Å². The van der Waals surface area contributed by atoms with E-state index in [2.05, 4.69) is 19.2 Å². The van der Waals surface area contributed by atoms with E-state index in [1.165, 1.54) is 0 Å². The number of nitrogens with one attached hydrogen (secondary N) is 1. The van der Waals surface area contributed by atoms with E-state index in [-0.39, 0.29) is 6.04 Å². The molecule has 0 aromatic heterocycles. The maximum absolute atomic E-state index is 12.2. The molecule has 0 aliphatic carbocycles. The van der Waals surface area contributed by atoms with Gasteiger partial charge in [-0.25, -0.2) is 0 Å². The minimum atomic E-state index is 0.0577. The predicted octanol–water partition coefficient (Wildman–Crippen LogP) is 1.36. The maximum Gasteiger partial charge on any atom is 0.241 e. The normalized spacial score (nSPS) is 28.7. The van der Waals surface area contributed by atoms with Crippen molar-refractivity contribution in [2.75, 3.05) is 19.9 Å². The van der Waals surface area contributed by atoms with Crippen molar-refractivity contribution in [1.82, 2.24) is 10.2 Å². The Bertz CT molecular complexity index is 264. The molecule has 2 unspecified atom stereocenters. The molecule has 2 heterocycles. The third kappa shape index (κ3) is 2.80. The second-order valence-electron chi connectivity index (χ2n) is 5.20. The number of carbonyl (C=O) groups is 1. The molecule has 0 bridgehead atoms. The van der Waals surface area contributed by atoms with E-state index in [1.807, 2.05) is 4.90 Å². The molecule has 2 atom stereocenters. The van der Waals surface area contributed by atoms with Crippen LogP contribution in [-0.2, 0) is 9.53 Å². The van der Waals surface area contributed by atoms with Crippen LogP contribution < -0.4 is 5.32 Å². The zero-order chi connectivity index (χ0) is 12.3. The molecule has 0 aromatic carbocycles. The third-order valence-corrected chi connectivity index (χ3v) is 4.11. The molecule has 2 aliphatic rings. The van der Waals surface area contributed by atoms with Crippen LogP contribution in [0.25, 0.3) is 0 Å². The smallest absolute Gasteiger partial charge is 0.241 e. The fourth-order valence-electron chi connectivity index (χ4n) is 2.89. The van der Waals surface area contributed by atoms with Crippen LogP contribution in [0.5, 0.6) is 0 Å². The molecule has 2 fully saturated rings. The molecule has 0 saturated carbocycles. The maximum atomic E-state index is 12.2. The number of carbonyl (C=O) groups excluding carboxylic acids is 1. The Morgan fingerprint density at radius 3 is 2.82 bits per heavy atom. The molecule has 1 amide bonds. The number of ether oxygens (including phenoxy) is 1. The molecule has 0 radical (unpaired) electrons. The highest BCUT2D eigenvalue weighted by Crippen LogP contribution is 2.24. The average molecular weight is 240 g/mol. The fourth-order valence-corrected chi connectivity index (χ4v) is 2.89. The summed E-state index contributed by atoms with van der Waals surface area (Å²) in [6.07, 6.45) is 4.19. The summed E-state index contributed by atoms with van der Waals surface area (Å²) in [7, 11) is 0. The molecule has 98 valence electrons. The Labute approximate surface area is 104 Å². The molecule has 17 heavy (non-hydrogen) atoms. The first-order valence-corrected chi connectivity index (χ1v) is 6.85. The Morgan fingerprint density at radius 1 is 1.47 bits per heavy atom. The van der Waals surface area contributed by atoms with Crippen molar-refractivity contribution >= 4 is 5.91 Å². The molecule has 2 rings (SSSR count). The van der Waals surface area contributed by atoms with Gasteiger partial charge in [-0.3, -0.25) is 10.1 Å². The van der Waals surface area contributed by atoms with Gasteiger partial charge < -0.3 is 9.64 Å². The van der Waals surface area contributed by atoms with E-state index < -0.39 is 0 Å². The molecule has 1 N–H and O–H groups in total. The van der Waals surface area contributed by atoms with E-state index in [9.17, 15) is 4.79 Å². The molecular weight excluding hydrogens is 216 g/mol. The summed E-state index contributed by atoms with van der Waals surface area (Å²) in [6, 6.07) is 0.406. The van der Waals surface area contributed by atoms with E-state index in [4.69, 9.17) is 4.74 Å². The summed E-state index contributed by atoms with van der Waals surface area (Å²) in [6.45, 7) is 6.73. The first-order chi connectivity index (χ1) is 8.24. The second-order valence-corrected chi connectivity index (χ2v) is 5.20. The highest BCUT2D eigenvalue weighted by molar-refractivity contribution is 5.84. The number of rotatable bonds is 4. The van der Waals surface area contributed by atoms with Crippen LogP contribution in [0, 0.1) is 5.92 Å². The van der Waals surface area contributed by atoms with Crippen molar-refractivity contribution in [3.05, 3.63) is 0 Å². The zero-order valence-corrected chi connectivity index (χ0v) is 10.9. The Balaban J connectivity index is 1.91. The van der Waals surface area contributed by atoms with E-state index in [0.29, 0.717) is 17.9 Å². The predicted molar refractivity (Wildman–Crippen MR) is 66.5 cm³/mol. The van der Waals surface area contributed by atoms with Crippen molar-refractivity contribution in [2.45, 2.75) is 51.6 Å². The topological polar surface area (TPSA) is 41.6 Å². The number of hydrogen-bond donors (Lipinski definition) is 1. The Hall–Kier alpha value is -0.610. The van der Waals surface area contributed by atoms with Gasteiger partial charge in [0.25, 0.3) is 0 Å². The molecule has 4 heteroatoms. The van der Waals surface area contributed by atoms with Gasteiger partial charge in [-0.1, -0.05) is 13.3 Å². The lowest BCUT2D eigenvalue weighted by molar-refractivity contribution is -0.132. The van der Waals surface area contributed by atoms with Gasteiger partial charge in [0.05, 0.1) is 12.7 Å². The number of amides is 1. The summed E-state index contributed by atoms with van der Waals surface area (Å²) in [5, 5.41) is 3.32. The van der Waals surface area contributed by atoms with Gasteiger partial charge in [-0.2, -0.15) is 0 Å². The van der Waals surface area contributed by atoms with Crippen molar-refractivity contribution in [3.63, 3.8) is 0 Å². The lowest BCUT2D eigenvalue weighted by atomic mass is 9.92. The molecule has 0 spiro atoms. The van der Waals surface area contributed by atoms with Crippen LogP contribution in [0.4, 0.5) is 0 Å². The van der Waals surface area contributed by atoms with Crippen LogP contribution in [0.1, 0.15) is 39.5 Å². The highest BCUT2D eigenvalue weighted by Gasteiger charge is 2.36. The number of nitrogens with zero attached hydrogens (tertiary/aromatic N) is 1. The van der Waals surface area contributed by atoms with E-state index in [0.717, 1.165) is 45.6 Å². The standard InChI is InChI=1S/C13H24N2O2/c1-3-4-12-13(16)15(9-14-12)10(2)11-5-7-17-8-6-11/h10-12,14H,3-9H2,1-2H3. The summed E-state index contributed by atoms with van der Waals surface area (Å²) in [5.41, 5.74) is 0. The molecule has 2 saturated heterocycles. The monoisotopic (exact) mass is 240 g/mol. The first-order valence-electron chi connectivity index (χ1n) is 6.85. The van der Waals surface area contributed by atoms with Gasteiger partial charge in [0.2, 0.25) is 5.91 Å². The van der Waals surface area contributed by atoms with Crippen LogP contribution >= 0.6 is 0 Å². The van der Waals surface area contributed by atoms with Gasteiger partial charge in [0.1, 0.15) is 0 Å². The summed E-state index contributed by atoms with van der Waals surface area (Å²) < 4.78 is 5.38. The lowest BCUT2D eigenvalue weighted by Gasteiger charge is -2.33. The van der Waals surface area contributed by atoms with Gasteiger partial charge in [0.15, 0.2) is 0 Å². The summed E-state index contributed by atoms with van der Waals surface area (Å²) >= 11 is 0. The van der Waals surface area contributed by atoms with Crippen LogP contribution in [0.15, 0.2) is 0 Å². The second kappa shape index (κ2) is 5.83. The molecule has 4 nitrogen and oxygen atoms in total. The average Bonchev–Trinajstić information content (AvgIpc) is 2.72. The van der Waals surface area contributed by atoms with Crippen molar-refractivity contribution < 1.29 is 9.53 Å². The minimum Gasteiger partial charge on any atom is -0.381 e. The minimum absolute atomic E-state index is 0.0577. The van der Waals surface area contributed by atoms with Gasteiger partial charge >= 0.3 is 0 Å². The fraction of sp³-hybridized carbons (Fsp3) is 0.923. The summed E-state index contributed by atoms with van der Waals surface area (Å²) in [5.74, 6) is 0.903. The summed E-state index contributed by atoms with van der Waals surface area (Å²) in [4.78, 5) is 14.2. The molecule has 0 aromatic rings. The largest absolute Gasteiger partial charge is 0.381 e. The van der Waals surface area contributed by atoms with E-state index in [1.54, 1.807) is 0 Å². The van der Waals surface area contributed by atoms with Crippen LogP contribution in [0.3, 0.4) is 0 Å². The van der Waals surface area contributed by atoms with Gasteiger partial charge in [-0.05, 0) is 32.1 Å². The number of hydrogen-bond acceptors (Lipinski definition) is 3. The van der Waals surface area contributed by atoms with E-state index >= 15 is 0 Å². The SMILES string of the molecule is CCCC1NCN(C(C)C2CCOCC2)C1=O. The van der Waals surface area contributed by atoms with Crippen LogP contribution in [-0.4, -0.2) is 42.8 Å². The lowest BCUT2D eigenvalue weighted by Crippen LogP contribution is -2.43. The van der Waals surface area contributed by atoms with Crippen molar-refractivity contribution in [1.29, 1.82) is 0 Å². The molecular formula is C13H24N2O2. The van der Waals surface area contributed by atoms with Gasteiger partial charge in [0, 0.05) is 19.3 Å².